The summed E-state index contributed by atoms with van der Waals surface area (Å²) in [4.78, 5) is 30.7. The third-order valence-electron chi connectivity index (χ3n) is 6.75. The molecule has 0 unspecified atom stereocenters. The Morgan fingerprint density at radius 2 is 1.57 bits per heavy atom. The molecule has 9 heteroatoms. The molecule has 0 bridgehead atoms. The lowest BCUT2D eigenvalue weighted by Crippen LogP contribution is -2.46. The van der Waals surface area contributed by atoms with Crippen LogP contribution in [0.5, 0.6) is 0 Å². The molecule has 0 saturated carbocycles. The van der Waals surface area contributed by atoms with E-state index in [0.29, 0.717) is 19.4 Å². The molecule has 4 heterocycles. The van der Waals surface area contributed by atoms with Crippen molar-refractivity contribution in [3.05, 3.63) is 78.8 Å². The molecule has 6 rings (SSSR count). The highest BCUT2D eigenvalue weighted by molar-refractivity contribution is 6.03. The zero-order valence-corrected chi connectivity index (χ0v) is 20.4. The quantitative estimate of drug-likeness (QED) is 0.382. The van der Waals surface area contributed by atoms with Crippen molar-refractivity contribution in [2.45, 2.75) is 12.8 Å². The third kappa shape index (κ3) is 5.20. The fourth-order valence-corrected chi connectivity index (χ4v) is 4.75. The number of pyridine rings is 1. The van der Waals surface area contributed by atoms with Gasteiger partial charge in [-0.25, -0.2) is 4.98 Å². The van der Waals surface area contributed by atoms with Gasteiger partial charge in [-0.2, -0.15) is 5.11 Å². The van der Waals surface area contributed by atoms with Crippen LogP contribution in [-0.2, 0) is 11.2 Å². The Bertz CT molecular complexity index is 1480. The van der Waals surface area contributed by atoms with Gasteiger partial charge < -0.3 is 9.80 Å². The number of benzene rings is 2. The SMILES string of the molecule is O=C(CC1=NN=NC1)Cc1ccc(-c2ccc3ncc(N4CCN(c5ccncc5)CC4)nc3c2)cc1. The lowest BCUT2D eigenvalue weighted by molar-refractivity contribution is -0.117. The molecule has 1 fully saturated rings. The van der Waals surface area contributed by atoms with Crippen LogP contribution in [0, 0.1) is 0 Å². The first-order valence-electron chi connectivity index (χ1n) is 12.4. The normalized spacial score (nSPS) is 15.3. The second-order valence-corrected chi connectivity index (χ2v) is 9.26. The first-order chi connectivity index (χ1) is 18.2. The van der Waals surface area contributed by atoms with Crippen LogP contribution in [0.1, 0.15) is 12.0 Å². The van der Waals surface area contributed by atoms with E-state index in [1.165, 1.54) is 5.69 Å². The molecule has 0 radical (unpaired) electrons. The number of rotatable bonds is 7. The molecule has 0 aliphatic carbocycles. The summed E-state index contributed by atoms with van der Waals surface area (Å²) < 4.78 is 0. The monoisotopic (exact) mass is 490 g/mol. The van der Waals surface area contributed by atoms with Gasteiger partial charge in [0.2, 0.25) is 0 Å². The van der Waals surface area contributed by atoms with Gasteiger partial charge in [0.15, 0.2) is 0 Å². The summed E-state index contributed by atoms with van der Waals surface area (Å²) in [5, 5.41) is 11.3. The molecular weight excluding hydrogens is 464 g/mol. The second kappa shape index (κ2) is 10.2. The van der Waals surface area contributed by atoms with Gasteiger partial charge >= 0.3 is 0 Å². The molecule has 0 spiro atoms. The third-order valence-corrected chi connectivity index (χ3v) is 6.75. The van der Waals surface area contributed by atoms with Gasteiger partial charge in [0, 0.05) is 57.1 Å². The van der Waals surface area contributed by atoms with E-state index >= 15 is 0 Å². The van der Waals surface area contributed by atoms with Crippen molar-refractivity contribution in [1.82, 2.24) is 15.0 Å². The summed E-state index contributed by atoms with van der Waals surface area (Å²) in [5.41, 5.74) is 6.81. The Kier molecular flexibility index (Phi) is 6.33. The van der Waals surface area contributed by atoms with Crippen LogP contribution >= 0.6 is 0 Å². The van der Waals surface area contributed by atoms with Crippen molar-refractivity contribution in [3.63, 3.8) is 0 Å². The van der Waals surface area contributed by atoms with Crippen molar-refractivity contribution in [1.29, 1.82) is 0 Å². The molecule has 0 N–H and O–H groups in total. The lowest BCUT2D eigenvalue weighted by atomic mass is 10.00. The van der Waals surface area contributed by atoms with E-state index in [9.17, 15) is 4.79 Å². The number of anilines is 2. The molecule has 184 valence electrons. The van der Waals surface area contributed by atoms with Crippen LogP contribution in [0.15, 0.2) is 88.6 Å². The minimum Gasteiger partial charge on any atom is -0.368 e. The minimum absolute atomic E-state index is 0.119. The minimum atomic E-state index is 0.119. The van der Waals surface area contributed by atoms with E-state index in [0.717, 1.165) is 65.4 Å². The summed E-state index contributed by atoms with van der Waals surface area (Å²) in [6.07, 6.45) is 6.22. The fraction of sp³-hybridized carbons (Fsp3) is 0.250. The standard InChI is InChI=1S/C28H26N8O/c37-25(17-23-18-31-34-33-23)15-20-1-3-21(4-2-20)22-5-6-26-27(16-22)32-28(19-30-26)36-13-11-35(12-14-36)24-7-9-29-10-8-24/h1-10,16,19H,11-15,17-18H2. The van der Waals surface area contributed by atoms with Gasteiger partial charge in [-0.3, -0.25) is 14.8 Å². The first kappa shape index (κ1) is 22.9. The summed E-state index contributed by atoms with van der Waals surface area (Å²) in [6.45, 7) is 4.06. The Morgan fingerprint density at radius 1 is 0.811 bits per heavy atom. The van der Waals surface area contributed by atoms with Crippen molar-refractivity contribution in [2.24, 2.45) is 15.4 Å². The number of hydrogen-bond acceptors (Lipinski definition) is 9. The first-order valence-corrected chi connectivity index (χ1v) is 12.4. The van der Waals surface area contributed by atoms with E-state index in [-0.39, 0.29) is 5.78 Å². The van der Waals surface area contributed by atoms with Crippen molar-refractivity contribution in [3.8, 4) is 11.1 Å². The maximum Gasteiger partial charge on any atom is 0.147 e. The number of carbonyl (C=O) groups excluding carboxylic acids is 1. The van der Waals surface area contributed by atoms with E-state index in [1.54, 1.807) is 0 Å². The Morgan fingerprint density at radius 3 is 2.32 bits per heavy atom. The number of hydrogen-bond donors (Lipinski definition) is 0. The van der Waals surface area contributed by atoms with Crippen LogP contribution in [0.2, 0.25) is 0 Å². The maximum atomic E-state index is 12.3. The van der Waals surface area contributed by atoms with Crippen LogP contribution in [0.4, 0.5) is 11.5 Å². The molecule has 4 aromatic rings. The highest BCUT2D eigenvalue weighted by Crippen LogP contribution is 2.26. The van der Waals surface area contributed by atoms with Crippen molar-refractivity contribution < 1.29 is 4.79 Å². The lowest BCUT2D eigenvalue weighted by Gasteiger charge is -2.36. The predicted molar refractivity (Wildman–Crippen MR) is 144 cm³/mol. The number of ketones is 1. The number of nitrogens with zero attached hydrogens (tertiary/aromatic N) is 8. The highest BCUT2D eigenvalue weighted by Gasteiger charge is 2.19. The number of aromatic nitrogens is 3. The largest absolute Gasteiger partial charge is 0.368 e. The van der Waals surface area contributed by atoms with E-state index in [4.69, 9.17) is 4.98 Å². The van der Waals surface area contributed by atoms with Crippen LogP contribution < -0.4 is 9.80 Å². The van der Waals surface area contributed by atoms with Crippen molar-refractivity contribution in [2.75, 3.05) is 42.5 Å². The molecule has 0 amide bonds. The van der Waals surface area contributed by atoms with Gasteiger partial charge in [0.05, 0.1) is 22.9 Å². The van der Waals surface area contributed by atoms with Gasteiger partial charge in [-0.1, -0.05) is 30.3 Å². The number of fused-ring (bicyclic) bond motifs is 1. The summed E-state index contributed by atoms with van der Waals surface area (Å²) in [7, 11) is 0. The van der Waals surface area contributed by atoms with E-state index < -0.39 is 0 Å². The molecule has 1 saturated heterocycles. The topological polar surface area (TPSA) is 99.3 Å². The van der Waals surface area contributed by atoms with Gasteiger partial charge in [-0.05, 0) is 46.2 Å². The zero-order chi connectivity index (χ0) is 25.0. The molecule has 0 atom stereocenters. The zero-order valence-electron chi connectivity index (χ0n) is 20.4. The van der Waals surface area contributed by atoms with Crippen molar-refractivity contribution >= 4 is 34.0 Å². The Hall–Kier alpha value is -4.53. The number of carbonyl (C=O) groups is 1. The summed E-state index contributed by atoms with van der Waals surface area (Å²) in [5.74, 6) is 1.02. The number of Topliss-reactive ketones (excluding diaryl/α,β-unsaturated/α-hetero) is 1. The Balaban J connectivity index is 1.13. The predicted octanol–water partition coefficient (Wildman–Crippen LogP) is 4.34. The van der Waals surface area contributed by atoms with Gasteiger partial charge in [0.1, 0.15) is 18.1 Å². The smallest absolute Gasteiger partial charge is 0.147 e. The maximum absolute atomic E-state index is 12.3. The second-order valence-electron chi connectivity index (χ2n) is 9.26. The molecule has 37 heavy (non-hydrogen) atoms. The highest BCUT2D eigenvalue weighted by atomic mass is 16.1. The summed E-state index contributed by atoms with van der Waals surface area (Å²) in [6, 6.07) is 18.4. The molecule has 9 nitrogen and oxygen atoms in total. The molecular formula is C28H26N8O. The Labute approximate surface area is 214 Å². The van der Waals surface area contributed by atoms with Crippen LogP contribution in [0.25, 0.3) is 22.2 Å². The summed E-state index contributed by atoms with van der Waals surface area (Å²) >= 11 is 0. The molecule has 2 aromatic carbocycles. The van der Waals surface area contributed by atoms with Crippen LogP contribution in [-0.4, -0.2) is 59.2 Å². The molecule has 2 aliphatic heterocycles. The molecule has 2 aliphatic rings. The average Bonchev–Trinajstić information content (AvgIpc) is 3.46. The fourth-order valence-electron chi connectivity index (χ4n) is 4.75. The molecule has 2 aromatic heterocycles. The van der Waals surface area contributed by atoms with Gasteiger partial charge in [0.25, 0.3) is 0 Å². The van der Waals surface area contributed by atoms with E-state index in [1.807, 2.05) is 36.8 Å². The van der Waals surface area contributed by atoms with Gasteiger partial charge in [-0.15, -0.1) is 5.10 Å². The van der Waals surface area contributed by atoms with E-state index in [2.05, 4.69) is 71.6 Å². The number of piperazine rings is 1. The van der Waals surface area contributed by atoms with Crippen LogP contribution in [0.3, 0.4) is 0 Å². The average molecular weight is 491 g/mol.